The first-order valence-electron chi connectivity index (χ1n) is 7.19. The van der Waals surface area contributed by atoms with Gasteiger partial charge < -0.3 is 9.84 Å². The van der Waals surface area contributed by atoms with E-state index in [2.05, 4.69) is 0 Å². The molecule has 0 aliphatic carbocycles. The average Bonchev–Trinajstić information content (AvgIpc) is 2.42. The van der Waals surface area contributed by atoms with Gasteiger partial charge in [-0.05, 0) is 30.0 Å². The van der Waals surface area contributed by atoms with Crippen molar-refractivity contribution in [3.63, 3.8) is 0 Å². The number of ether oxygens (including phenoxy) is 1. The number of fused-ring (bicyclic) bond motifs is 1. The molecule has 0 radical (unpaired) electrons. The van der Waals surface area contributed by atoms with Gasteiger partial charge in [0.1, 0.15) is 16.2 Å². The second-order valence-corrected chi connectivity index (χ2v) is 7.56. The normalized spacial score (nSPS) is 18.1. The number of primary sulfonamides is 1. The molecular weight excluding hydrogens is 363 g/mol. The number of nitrogens with two attached hydrogens (primary N) is 1. The summed E-state index contributed by atoms with van der Waals surface area (Å²) in [4.78, 5) is 10.3. The van der Waals surface area contributed by atoms with Gasteiger partial charge in [0, 0.05) is 5.56 Å². The third-order valence-corrected chi connectivity index (χ3v) is 4.51. The zero-order valence-corrected chi connectivity index (χ0v) is 14.1. The fraction of sp³-hybridized carbons (Fsp3) is 0.400. The molecule has 1 aliphatic rings. The molecule has 1 aromatic carbocycles. The molecule has 10 heteroatoms. The first kappa shape index (κ1) is 19.3. The van der Waals surface area contributed by atoms with Crippen LogP contribution in [0, 0.1) is 5.92 Å². The lowest BCUT2D eigenvalue weighted by atomic mass is 9.96. The number of carbonyl (C=O) groups is 1. The molecule has 0 amide bonds. The number of carboxylic acids is 1. The number of halogens is 3. The molecule has 0 fully saturated rings. The van der Waals surface area contributed by atoms with E-state index in [1.165, 1.54) is 18.2 Å². The van der Waals surface area contributed by atoms with Gasteiger partial charge in [0.15, 0.2) is 0 Å². The molecule has 0 unspecified atom stereocenters. The van der Waals surface area contributed by atoms with Crippen molar-refractivity contribution in [3.8, 4) is 5.75 Å². The lowest BCUT2D eigenvalue weighted by Gasteiger charge is -2.30. The van der Waals surface area contributed by atoms with Crippen LogP contribution in [0.5, 0.6) is 5.75 Å². The van der Waals surface area contributed by atoms with Crippen LogP contribution in [0.1, 0.15) is 25.0 Å². The Hall–Kier alpha value is -2.07. The van der Waals surface area contributed by atoms with Crippen LogP contribution in [0.4, 0.5) is 13.2 Å². The van der Waals surface area contributed by atoms with Crippen LogP contribution in [0.15, 0.2) is 23.8 Å². The van der Waals surface area contributed by atoms with Gasteiger partial charge in [-0.2, -0.15) is 13.2 Å². The fourth-order valence-corrected chi connectivity index (χ4v) is 3.62. The first-order chi connectivity index (χ1) is 11.3. The van der Waals surface area contributed by atoms with E-state index in [1.807, 2.05) is 13.8 Å². The van der Waals surface area contributed by atoms with E-state index in [0.717, 1.165) is 0 Å². The van der Waals surface area contributed by atoms with Gasteiger partial charge in [-0.3, -0.25) is 0 Å². The van der Waals surface area contributed by atoms with Crippen molar-refractivity contribution in [1.29, 1.82) is 0 Å². The second-order valence-electron chi connectivity index (χ2n) is 6.06. The van der Waals surface area contributed by atoms with E-state index < -0.39 is 38.8 Å². The number of sulfonamides is 1. The van der Waals surface area contributed by atoms with Crippen LogP contribution in [-0.2, 0) is 21.2 Å². The van der Waals surface area contributed by atoms with Gasteiger partial charge in [0.05, 0.1) is 0 Å². The maximum atomic E-state index is 13.2. The lowest BCUT2D eigenvalue weighted by Crippen LogP contribution is -2.42. The Labute approximate surface area is 142 Å². The van der Waals surface area contributed by atoms with E-state index in [-0.39, 0.29) is 17.2 Å². The van der Waals surface area contributed by atoms with Gasteiger partial charge in [-0.25, -0.2) is 18.4 Å². The van der Waals surface area contributed by atoms with Gasteiger partial charge >= 0.3 is 12.1 Å². The molecule has 0 saturated heterocycles. The predicted molar refractivity (Wildman–Crippen MR) is 83.1 cm³/mol. The summed E-state index contributed by atoms with van der Waals surface area (Å²) in [5, 5.41) is 14.2. The van der Waals surface area contributed by atoms with E-state index in [1.54, 1.807) is 0 Å². The molecule has 0 aromatic heterocycles. The summed E-state index contributed by atoms with van der Waals surface area (Å²) >= 11 is 0. The van der Waals surface area contributed by atoms with Crippen LogP contribution >= 0.6 is 0 Å². The zero-order valence-electron chi connectivity index (χ0n) is 13.3. The SMILES string of the molecule is CC(C)Cc1ccc2c(c1)C(S(N)(=O)=O)=C(C(=O)O)[C@@H](C(F)(F)F)O2. The molecular formula is C15H16F3NO5S. The standard InChI is InChI=1S/C15H16F3NO5S/c1-7(2)5-8-3-4-10-9(6-8)12(25(19,22)23)11(14(20)21)13(24-10)15(16,17)18/h3-4,6-7,13H,5H2,1-2H3,(H,20,21)(H2,19,22,23)/t13-/m0/s1. The minimum atomic E-state index is -5.13. The number of aliphatic carboxylic acids is 1. The van der Waals surface area contributed by atoms with E-state index in [9.17, 15) is 31.5 Å². The molecule has 25 heavy (non-hydrogen) atoms. The zero-order chi connectivity index (χ0) is 19.2. The smallest absolute Gasteiger partial charge is 0.430 e. The molecule has 1 atom stereocenters. The Morgan fingerprint density at radius 2 is 1.96 bits per heavy atom. The van der Waals surface area contributed by atoms with Crippen molar-refractivity contribution in [2.75, 3.05) is 0 Å². The Morgan fingerprint density at radius 1 is 1.36 bits per heavy atom. The number of carboxylic acid groups (broad SMARTS) is 1. The number of hydrogen-bond acceptors (Lipinski definition) is 4. The van der Waals surface area contributed by atoms with Crippen LogP contribution < -0.4 is 9.88 Å². The summed E-state index contributed by atoms with van der Waals surface area (Å²) in [6, 6.07) is 3.99. The van der Waals surface area contributed by atoms with Crippen molar-refractivity contribution in [1.82, 2.24) is 0 Å². The molecule has 3 N–H and O–H groups in total. The van der Waals surface area contributed by atoms with Crippen molar-refractivity contribution in [2.24, 2.45) is 11.1 Å². The number of benzene rings is 1. The van der Waals surface area contributed by atoms with Crippen molar-refractivity contribution in [2.45, 2.75) is 32.5 Å². The molecule has 0 bridgehead atoms. The third-order valence-electron chi connectivity index (χ3n) is 3.50. The van der Waals surface area contributed by atoms with Crippen LogP contribution in [0.25, 0.3) is 4.91 Å². The first-order valence-corrected chi connectivity index (χ1v) is 8.74. The summed E-state index contributed by atoms with van der Waals surface area (Å²) in [6.45, 7) is 3.80. The predicted octanol–water partition coefficient (Wildman–Crippen LogP) is 2.29. The minimum absolute atomic E-state index is 0.186. The topological polar surface area (TPSA) is 107 Å². The number of hydrogen-bond donors (Lipinski definition) is 2. The van der Waals surface area contributed by atoms with Gasteiger partial charge in [-0.1, -0.05) is 19.9 Å². The van der Waals surface area contributed by atoms with Crippen LogP contribution in [-0.4, -0.2) is 31.8 Å². The largest absolute Gasteiger partial charge is 0.478 e. The van der Waals surface area contributed by atoms with Crippen LogP contribution in [0.2, 0.25) is 0 Å². The maximum absolute atomic E-state index is 13.2. The molecule has 138 valence electrons. The van der Waals surface area contributed by atoms with Gasteiger partial charge in [-0.15, -0.1) is 0 Å². The summed E-state index contributed by atoms with van der Waals surface area (Å²) in [5.74, 6) is -2.26. The van der Waals surface area contributed by atoms with Gasteiger partial charge in [0.2, 0.25) is 16.1 Å². The average molecular weight is 379 g/mol. The highest BCUT2D eigenvalue weighted by atomic mass is 32.2. The molecule has 1 aromatic rings. The summed E-state index contributed by atoms with van der Waals surface area (Å²) < 4.78 is 68.2. The molecule has 6 nitrogen and oxygen atoms in total. The fourth-order valence-electron chi connectivity index (χ4n) is 2.65. The summed E-state index contributed by atoms with van der Waals surface area (Å²) in [6.07, 6.45) is -7.55. The quantitative estimate of drug-likeness (QED) is 0.835. The highest BCUT2D eigenvalue weighted by Crippen LogP contribution is 2.43. The van der Waals surface area contributed by atoms with Crippen molar-refractivity contribution >= 4 is 20.9 Å². The maximum Gasteiger partial charge on any atom is 0.430 e. The van der Waals surface area contributed by atoms with Crippen molar-refractivity contribution in [3.05, 3.63) is 34.9 Å². The molecule has 1 heterocycles. The highest BCUT2D eigenvalue weighted by molar-refractivity contribution is 7.98. The second kappa shape index (κ2) is 6.34. The monoisotopic (exact) mass is 379 g/mol. The molecule has 1 aliphatic heterocycles. The summed E-state index contributed by atoms with van der Waals surface area (Å²) in [7, 11) is -4.75. The van der Waals surface area contributed by atoms with Gasteiger partial charge in [0.25, 0.3) is 0 Å². The molecule has 0 spiro atoms. The summed E-state index contributed by atoms with van der Waals surface area (Å²) in [5.41, 5.74) is -1.10. The Kier molecular flexibility index (Phi) is 4.88. The lowest BCUT2D eigenvalue weighted by molar-refractivity contribution is -0.187. The molecule has 2 rings (SSSR count). The number of alkyl halides is 3. The van der Waals surface area contributed by atoms with Crippen LogP contribution in [0.3, 0.4) is 0 Å². The van der Waals surface area contributed by atoms with E-state index in [0.29, 0.717) is 12.0 Å². The Morgan fingerprint density at radius 3 is 2.40 bits per heavy atom. The number of rotatable bonds is 4. The molecule has 0 saturated carbocycles. The highest BCUT2D eigenvalue weighted by Gasteiger charge is 2.52. The Bertz CT molecular complexity index is 843. The minimum Gasteiger partial charge on any atom is -0.478 e. The third kappa shape index (κ3) is 3.96. The van der Waals surface area contributed by atoms with E-state index in [4.69, 9.17) is 9.88 Å². The Balaban J connectivity index is 2.81. The van der Waals surface area contributed by atoms with Crippen molar-refractivity contribution < 1.29 is 36.2 Å². The van der Waals surface area contributed by atoms with E-state index >= 15 is 0 Å².